The Morgan fingerprint density at radius 1 is 1.18 bits per heavy atom. The molecule has 0 bridgehead atoms. The second kappa shape index (κ2) is 9.02. The summed E-state index contributed by atoms with van der Waals surface area (Å²) in [5.74, 6) is -0.566. The van der Waals surface area contributed by atoms with Crippen molar-refractivity contribution in [2.45, 2.75) is 58.9 Å². The molecule has 4 heteroatoms. The van der Waals surface area contributed by atoms with E-state index >= 15 is 0 Å². The molecule has 0 saturated carbocycles. The molecule has 0 aromatic rings. The highest BCUT2D eigenvalue weighted by molar-refractivity contribution is 5.85. The molecular weight excluding hydrogens is 218 g/mol. The van der Waals surface area contributed by atoms with E-state index in [1.165, 1.54) is 7.11 Å². The van der Waals surface area contributed by atoms with Gasteiger partial charge in [-0.05, 0) is 6.42 Å². The van der Waals surface area contributed by atoms with E-state index in [4.69, 9.17) is 4.74 Å². The van der Waals surface area contributed by atoms with Gasteiger partial charge in [-0.2, -0.15) is 0 Å². The number of amides is 1. The zero-order valence-corrected chi connectivity index (χ0v) is 11.4. The van der Waals surface area contributed by atoms with Crippen LogP contribution >= 0.6 is 0 Å². The number of ether oxygens (including phenoxy) is 1. The van der Waals surface area contributed by atoms with E-state index in [1.807, 2.05) is 0 Å². The summed E-state index contributed by atoms with van der Waals surface area (Å²) < 4.78 is 4.70. The third-order valence-electron chi connectivity index (χ3n) is 2.67. The summed E-state index contributed by atoms with van der Waals surface area (Å²) >= 11 is 0. The van der Waals surface area contributed by atoms with Gasteiger partial charge in [-0.3, -0.25) is 4.79 Å². The highest BCUT2D eigenvalue weighted by Gasteiger charge is 2.21. The molecule has 4 nitrogen and oxygen atoms in total. The number of methoxy groups -OCH3 is 1. The molecule has 0 unspecified atom stereocenters. The maximum absolute atomic E-state index is 11.5. The summed E-state index contributed by atoms with van der Waals surface area (Å²) in [5.41, 5.74) is 0. The van der Waals surface area contributed by atoms with E-state index in [2.05, 4.69) is 12.2 Å². The minimum Gasteiger partial charge on any atom is -0.467 e. The number of carbonyl (C=O) groups is 2. The molecule has 0 aliphatic heterocycles. The molecule has 0 saturated heterocycles. The molecule has 0 radical (unpaired) electrons. The van der Waals surface area contributed by atoms with Crippen LogP contribution in [0.1, 0.15) is 52.9 Å². The zero-order valence-electron chi connectivity index (χ0n) is 11.4. The van der Waals surface area contributed by atoms with Crippen LogP contribution in [0.3, 0.4) is 0 Å². The summed E-state index contributed by atoms with van der Waals surface area (Å²) in [5, 5.41) is 2.73. The van der Waals surface area contributed by atoms with Gasteiger partial charge in [-0.25, -0.2) is 4.79 Å². The van der Waals surface area contributed by atoms with Crippen molar-refractivity contribution in [2.24, 2.45) is 5.92 Å². The fourth-order valence-corrected chi connectivity index (χ4v) is 1.50. The minimum absolute atomic E-state index is 0.101. The molecule has 0 heterocycles. The molecule has 0 fully saturated rings. The van der Waals surface area contributed by atoms with E-state index in [9.17, 15) is 9.59 Å². The SMILES string of the molecule is CCCCCC[C@@H](NC(=O)C(C)C)C(=O)OC. The number of carbonyl (C=O) groups excluding carboxylic acids is 2. The number of rotatable bonds is 8. The van der Waals surface area contributed by atoms with Crippen molar-refractivity contribution in [3.8, 4) is 0 Å². The molecule has 1 atom stereocenters. The van der Waals surface area contributed by atoms with Gasteiger partial charge >= 0.3 is 5.97 Å². The first-order valence-corrected chi connectivity index (χ1v) is 6.41. The topological polar surface area (TPSA) is 55.4 Å². The summed E-state index contributed by atoms with van der Waals surface area (Å²) in [6.07, 6.45) is 4.99. The second-order valence-electron chi connectivity index (χ2n) is 4.59. The lowest BCUT2D eigenvalue weighted by molar-refractivity contribution is -0.145. The largest absolute Gasteiger partial charge is 0.467 e. The van der Waals surface area contributed by atoms with Crippen LogP contribution in [0.2, 0.25) is 0 Å². The lowest BCUT2D eigenvalue weighted by Crippen LogP contribution is -2.43. The van der Waals surface area contributed by atoms with E-state index in [-0.39, 0.29) is 17.8 Å². The molecule has 0 aromatic heterocycles. The Morgan fingerprint density at radius 3 is 2.29 bits per heavy atom. The van der Waals surface area contributed by atoms with Crippen LogP contribution in [0.15, 0.2) is 0 Å². The average molecular weight is 243 g/mol. The third-order valence-corrected chi connectivity index (χ3v) is 2.67. The molecule has 0 aliphatic carbocycles. The van der Waals surface area contributed by atoms with Crippen molar-refractivity contribution in [3.05, 3.63) is 0 Å². The zero-order chi connectivity index (χ0) is 13.3. The Balaban J connectivity index is 4.15. The number of nitrogens with one attached hydrogen (secondary N) is 1. The average Bonchev–Trinajstić information content (AvgIpc) is 2.31. The fourth-order valence-electron chi connectivity index (χ4n) is 1.50. The van der Waals surface area contributed by atoms with Crippen LogP contribution in [0.25, 0.3) is 0 Å². The van der Waals surface area contributed by atoms with E-state index in [0.29, 0.717) is 6.42 Å². The summed E-state index contributed by atoms with van der Waals surface area (Å²) in [4.78, 5) is 23.0. The molecule has 17 heavy (non-hydrogen) atoms. The predicted molar refractivity (Wildman–Crippen MR) is 67.5 cm³/mol. The van der Waals surface area contributed by atoms with Gasteiger partial charge in [0.25, 0.3) is 0 Å². The van der Waals surface area contributed by atoms with Gasteiger partial charge < -0.3 is 10.1 Å². The van der Waals surface area contributed by atoms with Crippen LogP contribution < -0.4 is 5.32 Å². The second-order valence-corrected chi connectivity index (χ2v) is 4.59. The van der Waals surface area contributed by atoms with Gasteiger partial charge in [-0.1, -0.05) is 46.5 Å². The molecule has 1 amide bonds. The number of unbranched alkanes of at least 4 members (excludes halogenated alkanes) is 3. The van der Waals surface area contributed by atoms with Crippen LogP contribution in [0.4, 0.5) is 0 Å². The molecule has 0 aliphatic rings. The van der Waals surface area contributed by atoms with Gasteiger partial charge in [0.1, 0.15) is 6.04 Å². The normalized spacial score (nSPS) is 12.3. The van der Waals surface area contributed by atoms with Crippen molar-refractivity contribution >= 4 is 11.9 Å². The Morgan fingerprint density at radius 2 is 1.82 bits per heavy atom. The van der Waals surface area contributed by atoms with Crippen LogP contribution in [-0.4, -0.2) is 25.0 Å². The van der Waals surface area contributed by atoms with Gasteiger partial charge in [-0.15, -0.1) is 0 Å². The summed E-state index contributed by atoms with van der Waals surface area (Å²) in [6, 6.07) is -0.494. The van der Waals surface area contributed by atoms with Crippen LogP contribution in [0.5, 0.6) is 0 Å². The number of hydrogen-bond acceptors (Lipinski definition) is 3. The molecule has 0 aromatic carbocycles. The van der Waals surface area contributed by atoms with Crippen molar-refractivity contribution in [1.82, 2.24) is 5.32 Å². The molecule has 100 valence electrons. The summed E-state index contributed by atoms with van der Waals surface area (Å²) in [6.45, 7) is 5.75. The number of hydrogen-bond donors (Lipinski definition) is 1. The highest BCUT2D eigenvalue weighted by Crippen LogP contribution is 2.07. The van der Waals surface area contributed by atoms with Gasteiger partial charge in [0.15, 0.2) is 0 Å². The van der Waals surface area contributed by atoms with Crippen molar-refractivity contribution < 1.29 is 14.3 Å². The van der Waals surface area contributed by atoms with Gasteiger partial charge in [0, 0.05) is 5.92 Å². The van der Waals surface area contributed by atoms with Crippen LogP contribution in [0, 0.1) is 5.92 Å². The quantitative estimate of drug-likeness (QED) is 0.525. The number of esters is 1. The Kier molecular flexibility index (Phi) is 8.46. The molecule has 1 N–H and O–H groups in total. The standard InChI is InChI=1S/C13H25NO3/c1-5-6-7-8-9-11(13(16)17-4)14-12(15)10(2)3/h10-11H,5-9H2,1-4H3,(H,14,15)/t11-/m1/s1. The maximum Gasteiger partial charge on any atom is 0.328 e. The molecule has 0 spiro atoms. The lowest BCUT2D eigenvalue weighted by atomic mass is 10.1. The Bertz CT molecular complexity index is 239. The molecule has 0 rings (SSSR count). The minimum atomic E-state index is -0.494. The van der Waals surface area contributed by atoms with Crippen LogP contribution in [-0.2, 0) is 14.3 Å². The maximum atomic E-state index is 11.5. The van der Waals surface area contributed by atoms with Crippen molar-refractivity contribution in [2.75, 3.05) is 7.11 Å². The van der Waals surface area contributed by atoms with E-state index < -0.39 is 6.04 Å². The summed E-state index contributed by atoms with van der Waals surface area (Å²) in [7, 11) is 1.35. The van der Waals surface area contributed by atoms with Gasteiger partial charge in [0.2, 0.25) is 5.91 Å². The fraction of sp³-hybridized carbons (Fsp3) is 0.846. The van der Waals surface area contributed by atoms with E-state index in [1.54, 1.807) is 13.8 Å². The monoisotopic (exact) mass is 243 g/mol. The first kappa shape index (κ1) is 15.9. The van der Waals surface area contributed by atoms with E-state index in [0.717, 1.165) is 25.7 Å². The van der Waals surface area contributed by atoms with Crippen molar-refractivity contribution in [1.29, 1.82) is 0 Å². The first-order valence-electron chi connectivity index (χ1n) is 6.41. The Hall–Kier alpha value is -1.06. The Labute approximate surface area is 104 Å². The van der Waals surface area contributed by atoms with Crippen molar-refractivity contribution in [3.63, 3.8) is 0 Å². The lowest BCUT2D eigenvalue weighted by Gasteiger charge is -2.17. The third kappa shape index (κ3) is 6.97. The van der Waals surface area contributed by atoms with Gasteiger partial charge in [0.05, 0.1) is 7.11 Å². The first-order chi connectivity index (χ1) is 8.02. The predicted octanol–water partition coefficient (Wildman–Crippen LogP) is 2.27. The highest BCUT2D eigenvalue weighted by atomic mass is 16.5. The smallest absolute Gasteiger partial charge is 0.328 e. The molecular formula is C13H25NO3.